The third-order valence-electron chi connectivity index (χ3n) is 3.89. The Hall–Kier alpha value is -1.54. The van der Waals surface area contributed by atoms with Crippen LogP contribution in [-0.2, 0) is 31.6 Å². The van der Waals surface area contributed by atoms with Crippen LogP contribution in [0.2, 0.25) is 0 Å². The number of nitrogens with zero attached hydrogens (tertiary/aromatic N) is 3. The van der Waals surface area contributed by atoms with Crippen LogP contribution >= 0.6 is 23.5 Å². The van der Waals surface area contributed by atoms with Crippen LogP contribution in [0.1, 0.15) is 20.1 Å². The molecule has 0 aromatic carbocycles. The minimum Gasteiger partial charge on any atom is -0.386 e. The highest BCUT2D eigenvalue weighted by atomic mass is 31.3. The zero-order chi connectivity index (χ0) is 25.4. The third kappa shape index (κ3) is 6.75. The Labute approximate surface area is 184 Å². The van der Waals surface area contributed by atoms with Gasteiger partial charge in [-0.25, -0.2) is 18.5 Å². The van der Waals surface area contributed by atoms with Crippen LogP contribution in [0.4, 0.5) is 5.82 Å². The molecule has 0 radical (unpaired) electrons. The Balaban J connectivity index is 2.31. The van der Waals surface area contributed by atoms with Crippen molar-refractivity contribution in [2.45, 2.75) is 44.0 Å². The predicted octanol–water partition coefficient (Wildman–Crippen LogP) is -2.04. The van der Waals surface area contributed by atoms with Crippen molar-refractivity contribution in [3.05, 3.63) is 16.7 Å². The number of aromatic nitrogens is 3. The van der Waals surface area contributed by atoms with Gasteiger partial charge in [0.25, 0.3) is 0 Å². The van der Waals surface area contributed by atoms with E-state index in [-0.39, 0.29) is 5.82 Å². The number of aliphatic hydroxyl groups excluding tert-OH is 1. The topological polar surface area (TPSA) is 283 Å². The Morgan fingerprint density at radius 3 is 2.36 bits per heavy atom. The molecule has 7 atom stereocenters. The molecule has 0 amide bonds. The van der Waals surface area contributed by atoms with Crippen molar-refractivity contribution in [1.82, 2.24) is 14.8 Å². The Morgan fingerprint density at radius 2 is 1.85 bits per heavy atom. The molecule has 1 aliphatic rings. The van der Waals surface area contributed by atoms with Crippen molar-refractivity contribution in [3.8, 4) is 11.8 Å². The summed E-state index contributed by atoms with van der Waals surface area (Å²) in [5, 5.41) is 25.1. The first-order valence-electron chi connectivity index (χ1n) is 8.44. The highest BCUT2D eigenvalue weighted by molar-refractivity contribution is 7.66. The van der Waals surface area contributed by atoms with Gasteiger partial charge in [-0.3, -0.25) is 4.52 Å². The summed E-state index contributed by atoms with van der Waals surface area (Å²) >= 11 is 0. The Kier molecular flexibility index (Phi) is 8.06. The molecule has 1 fully saturated rings. The fourth-order valence-corrected chi connectivity index (χ4v) is 5.96. The molecule has 0 spiro atoms. The van der Waals surface area contributed by atoms with E-state index in [0.29, 0.717) is 4.68 Å². The number of aliphatic hydroxyl groups is 2. The number of rotatable bonds is 8. The highest BCUT2D eigenvalue weighted by Crippen LogP contribution is 2.66. The van der Waals surface area contributed by atoms with Crippen LogP contribution < -0.4 is 11.4 Å². The minimum atomic E-state index is -5.80. The van der Waals surface area contributed by atoms with Crippen molar-refractivity contribution in [2.75, 3.05) is 5.73 Å². The van der Waals surface area contributed by atoms with Gasteiger partial charge in [-0.05, 0) is 13.8 Å². The summed E-state index contributed by atoms with van der Waals surface area (Å²) < 4.78 is 51.8. The number of hydrogen-bond donors (Lipinski definition) is 7. The summed E-state index contributed by atoms with van der Waals surface area (Å²) in [5.74, 6) is 4.28. The molecule has 0 saturated carbocycles. The van der Waals surface area contributed by atoms with Gasteiger partial charge in [-0.1, -0.05) is 5.92 Å². The fraction of sp³-hybridized carbons (Fsp3) is 0.583. The molecule has 1 saturated heterocycles. The van der Waals surface area contributed by atoms with Gasteiger partial charge >= 0.3 is 29.2 Å². The van der Waals surface area contributed by atoms with Crippen molar-refractivity contribution in [2.24, 2.45) is 0 Å². The summed E-state index contributed by atoms with van der Waals surface area (Å²) in [6.07, 6.45) is -6.39. The number of ether oxygens (including phenoxy) is 1. The van der Waals surface area contributed by atoms with E-state index in [1.54, 1.807) is 0 Å². The molecule has 0 bridgehead atoms. The molecule has 33 heavy (non-hydrogen) atoms. The van der Waals surface area contributed by atoms with Gasteiger partial charge in [-0.15, -0.1) is 5.92 Å². The number of nitrogen functional groups attached to an aromatic ring is 1. The van der Waals surface area contributed by atoms with Crippen molar-refractivity contribution in [3.63, 3.8) is 0 Å². The van der Waals surface area contributed by atoms with Crippen LogP contribution in [0.5, 0.6) is 0 Å². The second-order valence-electron chi connectivity index (χ2n) is 6.41. The molecule has 2 rings (SSSR count). The zero-order valence-electron chi connectivity index (χ0n) is 16.6. The van der Waals surface area contributed by atoms with E-state index >= 15 is 0 Å². The van der Waals surface area contributed by atoms with E-state index in [9.17, 15) is 38.5 Å². The van der Waals surface area contributed by atoms with Gasteiger partial charge in [-0.2, -0.15) is 23.4 Å². The number of phosphoric acid groups is 3. The molecule has 2 heterocycles. The molecule has 1 aromatic heterocycles. The van der Waals surface area contributed by atoms with Gasteiger partial charge < -0.3 is 40.3 Å². The molecule has 21 heteroatoms. The third-order valence-corrected chi connectivity index (χ3v) is 7.81. The van der Waals surface area contributed by atoms with Crippen molar-refractivity contribution >= 4 is 29.3 Å². The van der Waals surface area contributed by atoms with E-state index in [1.807, 2.05) is 0 Å². The average molecular weight is 536 g/mol. The van der Waals surface area contributed by atoms with E-state index in [0.717, 1.165) is 13.1 Å². The number of anilines is 1. The molecule has 0 aliphatic carbocycles. The Morgan fingerprint density at radius 1 is 1.24 bits per heavy atom. The molecule has 1 aromatic rings. The van der Waals surface area contributed by atoms with Gasteiger partial charge in [0.05, 0.1) is 12.3 Å². The lowest BCUT2D eigenvalue weighted by atomic mass is 9.93. The van der Waals surface area contributed by atoms with E-state index in [4.69, 9.17) is 20.3 Å². The number of nitrogens with two attached hydrogens (primary N) is 1. The van der Waals surface area contributed by atoms with Gasteiger partial charge in [0, 0.05) is 0 Å². The Bertz CT molecular complexity index is 1160. The van der Waals surface area contributed by atoms with E-state index in [1.165, 1.54) is 6.92 Å². The lowest BCUT2D eigenvalue weighted by molar-refractivity contribution is -0.0932. The predicted molar refractivity (Wildman–Crippen MR) is 103 cm³/mol. The van der Waals surface area contributed by atoms with Crippen LogP contribution in [0, 0.1) is 11.8 Å². The van der Waals surface area contributed by atoms with E-state index in [2.05, 4.69) is 35.1 Å². The smallest absolute Gasteiger partial charge is 0.386 e. The van der Waals surface area contributed by atoms with Gasteiger partial charge in [0.2, 0.25) is 5.60 Å². The first kappa shape index (κ1) is 27.7. The molecule has 18 nitrogen and oxygen atoms in total. The normalized spacial score (nSPS) is 30.0. The number of hydrogen-bond acceptors (Lipinski definition) is 13. The maximum atomic E-state index is 12.1. The monoisotopic (exact) mass is 536 g/mol. The summed E-state index contributed by atoms with van der Waals surface area (Å²) in [6, 6.07) is 0. The molecule has 186 valence electrons. The second-order valence-corrected chi connectivity index (χ2v) is 10.8. The van der Waals surface area contributed by atoms with Gasteiger partial charge in [0.1, 0.15) is 18.0 Å². The highest BCUT2D eigenvalue weighted by Gasteiger charge is 2.59. The molecule has 1 aliphatic heterocycles. The van der Waals surface area contributed by atoms with E-state index < -0.39 is 59.3 Å². The lowest BCUT2D eigenvalue weighted by Crippen LogP contribution is -2.49. The number of phosphoric ester groups is 1. The lowest BCUT2D eigenvalue weighted by Gasteiger charge is -2.26. The maximum Gasteiger partial charge on any atom is 0.490 e. The average Bonchev–Trinajstić information content (AvgIpc) is 2.83. The summed E-state index contributed by atoms with van der Waals surface area (Å²) in [5.41, 5.74) is 1.72. The summed E-state index contributed by atoms with van der Waals surface area (Å²) in [7, 11) is -17.0. The van der Waals surface area contributed by atoms with Crippen molar-refractivity contribution in [1.29, 1.82) is 0 Å². The second kappa shape index (κ2) is 9.61. The largest absolute Gasteiger partial charge is 0.490 e. The van der Waals surface area contributed by atoms with Crippen LogP contribution in [0.3, 0.4) is 0 Å². The molecular formula is C12H19N4O14P3. The first-order chi connectivity index (χ1) is 14.9. The first-order valence-corrected chi connectivity index (χ1v) is 13.0. The standard InChI is InChI=1S/C12H19N4O14P3/c1-3-4-12(19)9(17)8(27-10(12)16-11(18)15-7(13)5-14-16)6(2)28-32(23,24)30-33(25,26)29-31(20,21)22/h5-6,8-10,17,19H,1-2H3,(H,23,24)(H,25,26)(H2,13,15,18)(H2,20,21,22)/t6-,8+,9?,10+,12?/m0/s1. The van der Waals surface area contributed by atoms with Gasteiger partial charge in [0.15, 0.2) is 6.23 Å². The fourth-order valence-electron chi connectivity index (χ4n) is 2.76. The van der Waals surface area contributed by atoms with Crippen LogP contribution in [-0.4, -0.2) is 68.5 Å². The van der Waals surface area contributed by atoms with Crippen LogP contribution in [0.15, 0.2) is 11.0 Å². The molecular weight excluding hydrogens is 517 g/mol. The zero-order valence-corrected chi connectivity index (χ0v) is 19.3. The molecule has 4 unspecified atom stereocenters. The quantitative estimate of drug-likeness (QED) is 0.139. The SMILES string of the molecule is CC#CC1(O)C(O)[C@@H]([C@H](C)OP(=O)(O)OP(=O)(O)OP(=O)(O)O)O[C@H]1n1ncc(N)nc1=O. The minimum absolute atomic E-state index is 0.266. The van der Waals surface area contributed by atoms with Crippen LogP contribution in [0.25, 0.3) is 0 Å². The maximum absolute atomic E-state index is 12.1. The summed E-state index contributed by atoms with van der Waals surface area (Å²) in [6.45, 7) is 2.27. The molecule has 8 N–H and O–H groups in total. The van der Waals surface area contributed by atoms with Crippen molar-refractivity contribution < 1.29 is 61.4 Å². The summed E-state index contributed by atoms with van der Waals surface area (Å²) in [4.78, 5) is 51.5.